The lowest BCUT2D eigenvalue weighted by Gasteiger charge is -2.23. The standard InChI is InChI=1S/C17H25F2N/c1-12-10-17(19)15(11-16(12)18)13(2)20-9-8-14-6-4-3-5-7-14/h10-11,13-14,20H,3-9H2,1-2H3. The minimum absolute atomic E-state index is 0.145. The van der Waals surface area contributed by atoms with Crippen LogP contribution in [0.2, 0.25) is 0 Å². The van der Waals surface area contributed by atoms with Gasteiger partial charge in [-0.1, -0.05) is 32.1 Å². The molecular formula is C17H25F2N. The summed E-state index contributed by atoms with van der Waals surface area (Å²) in [6.45, 7) is 4.36. The first-order valence-corrected chi connectivity index (χ1v) is 7.77. The molecule has 1 saturated carbocycles. The van der Waals surface area contributed by atoms with Crippen molar-refractivity contribution >= 4 is 0 Å². The lowest BCUT2D eigenvalue weighted by Crippen LogP contribution is -2.23. The molecule has 1 nitrogen and oxygen atoms in total. The molecule has 2 rings (SSSR count). The van der Waals surface area contributed by atoms with Gasteiger partial charge in [0.2, 0.25) is 0 Å². The van der Waals surface area contributed by atoms with Gasteiger partial charge < -0.3 is 5.32 Å². The second kappa shape index (κ2) is 7.16. The quantitative estimate of drug-likeness (QED) is 0.810. The molecule has 1 atom stereocenters. The van der Waals surface area contributed by atoms with E-state index in [1.807, 2.05) is 6.92 Å². The third-order valence-corrected chi connectivity index (χ3v) is 4.47. The van der Waals surface area contributed by atoms with Crippen molar-refractivity contribution in [2.75, 3.05) is 6.54 Å². The smallest absolute Gasteiger partial charge is 0.128 e. The summed E-state index contributed by atoms with van der Waals surface area (Å²) >= 11 is 0. The lowest BCUT2D eigenvalue weighted by atomic mass is 9.87. The van der Waals surface area contributed by atoms with Crippen molar-refractivity contribution in [1.82, 2.24) is 5.32 Å². The number of hydrogen-bond acceptors (Lipinski definition) is 1. The largest absolute Gasteiger partial charge is 0.310 e. The highest BCUT2D eigenvalue weighted by molar-refractivity contribution is 5.27. The fraction of sp³-hybridized carbons (Fsp3) is 0.647. The van der Waals surface area contributed by atoms with Crippen LogP contribution in [0.4, 0.5) is 8.78 Å². The Morgan fingerprint density at radius 2 is 1.85 bits per heavy atom. The molecule has 1 fully saturated rings. The average Bonchev–Trinajstić information content (AvgIpc) is 2.44. The van der Waals surface area contributed by atoms with Gasteiger partial charge in [-0.15, -0.1) is 0 Å². The maximum atomic E-state index is 13.9. The van der Waals surface area contributed by atoms with E-state index in [0.29, 0.717) is 11.1 Å². The van der Waals surface area contributed by atoms with Crippen LogP contribution in [0.5, 0.6) is 0 Å². The van der Waals surface area contributed by atoms with Crippen LogP contribution in [-0.2, 0) is 0 Å². The van der Waals surface area contributed by atoms with Crippen LogP contribution >= 0.6 is 0 Å². The number of halogens is 2. The summed E-state index contributed by atoms with van der Waals surface area (Å²) in [5.74, 6) is 0.159. The lowest BCUT2D eigenvalue weighted by molar-refractivity contribution is 0.329. The first-order chi connectivity index (χ1) is 9.58. The van der Waals surface area contributed by atoms with Crippen molar-refractivity contribution in [3.05, 3.63) is 34.9 Å². The number of hydrogen-bond donors (Lipinski definition) is 1. The minimum Gasteiger partial charge on any atom is -0.310 e. The average molecular weight is 281 g/mol. The predicted molar refractivity (Wildman–Crippen MR) is 78.7 cm³/mol. The Balaban J connectivity index is 1.85. The van der Waals surface area contributed by atoms with E-state index in [9.17, 15) is 8.78 Å². The predicted octanol–water partition coefficient (Wildman–Crippen LogP) is 4.89. The maximum absolute atomic E-state index is 13.9. The summed E-state index contributed by atoms with van der Waals surface area (Å²) in [6.07, 6.45) is 7.84. The van der Waals surface area contributed by atoms with Gasteiger partial charge in [0.25, 0.3) is 0 Å². The van der Waals surface area contributed by atoms with E-state index >= 15 is 0 Å². The molecule has 3 heteroatoms. The van der Waals surface area contributed by atoms with E-state index in [2.05, 4.69) is 5.32 Å². The molecule has 1 N–H and O–H groups in total. The zero-order valence-corrected chi connectivity index (χ0v) is 12.5. The van der Waals surface area contributed by atoms with Gasteiger partial charge in [0, 0.05) is 11.6 Å². The SMILES string of the molecule is Cc1cc(F)c(C(C)NCCC2CCCCC2)cc1F. The van der Waals surface area contributed by atoms with Crippen LogP contribution in [0.25, 0.3) is 0 Å². The third-order valence-electron chi connectivity index (χ3n) is 4.47. The van der Waals surface area contributed by atoms with E-state index in [4.69, 9.17) is 0 Å². The van der Waals surface area contributed by atoms with Crippen molar-refractivity contribution in [3.63, 3.8) is 0 Å². The Morgan fingerprint density at radius 1 is 1.15 bits per heavy atom. The van der Waals surface area contributed by atoms with E-state index < -0.39 is 0 Å². The fourth-order valence-electron chi connectivity index (χ4n) is 3.08. The second-order valence-electron chi connectivity index (χ2n) is 6.09. The van der Waals surface area contributed by atoms with Gasteiger partial charge in [0.15, 0.2) is 0 Å². The van der Waals surface area contributed by atoms with E-state index in [0.717, 1.165) is 18.9 Å². The molecule has 1 aromatic rings. The molecule has 20 heavy (non-hydrogen) atoms. The molecule has 112 valence electrons. The summed E-state index contributed by atoms with van der Waals surface area (Å²) in [6, 6.07) is 2.46. The molecule has 0 aromatic heterocycles. The summed E-state index contributed by atoms with van der Waals surface area (Å²) in [5.41, 5.74) is 0.789. The van der Waals surface area contributed by atoms with Crippen LogP contribution < -0.4 is 5.32 Å². The van der Waals surface area contributed by atoms with Crippen molar-refractivity contribution < 1.29 is 8.78 Å². The number of aryl methyl sites for hydroxylation is 1. The highest BCUT2D eigenvalue weighted by atomic mass is 19.1. The van der Waals surface area contributed by atoms with Crippen LogP contribution in [-0.4, -0.2) is 6.54 Å². The van der Waals surface area contributed by atoms with Gasteiger partial charge in [0.1, 0.15) is 11.6 Å². The summed E-state index contributed by atoms with van der Waals surface area (Å²) in [4.78, 5) is 0. The highest BCUT2D eigenvalue weighted by Crippen LogP contribution is 2.26. The molecule has 1 aliphatic carbocycles. The van der Waals surface area contributed by atoms with Gasteiger partial charge in [-0.2, -0.15) is 0 Å². The van der Waals surface area contributed by atoms with Crippen molar-refractivity contribution in [2.45, 2.75) is 58.4 Å². The fourth-order valence-corrected chi connectivity index (χ4v) is 3.08. The van der Waals surface area contributed by atoms with Gasteiger partial charge in [-0.25, -0.2) is 8.78 Å². The van der Waals surface area contributed by atoms with Gasteiger partial charge in [-0.05, 0) is 50.4 Å². The van der Waals surface area contributed by atoms with E-state index in [-0.39, 0.29) is 17.7 Å². The molecule has 0 radical (unpaired) electrons. The Hall–Kier alpha value is -0.960. The number of nitrogens with one attached hydrogen (secondary N) is 1. The molecule has 0 aliphatic heterocycles. The van der Waals surface area contributed by atoms with E-state index in [1.165, 1.54) is 44.2 Å². The first-order valence-electron chi connectivity index (χ1n) is 7.77. The Bertz CT molecular complexity index is 439. The van der Waals surface area contributed by atoms with Crippen LogP contribution in [0.3, 0.4) is 0 Å². The Labute approximate surface area is 120 Å². The summed E-state index contributed by atoms with van der Waals surface area (Å²) < 4.78 is 27.4. The Kier molecular flexibility index (Phi) is 5.53. The topological polar surface area (TPSA) is 12.0 Å². The second-order valence-corrected chi connectivity index (χ2v) is 6.09. The van der Waals surface area contributed by atoms with Crippen LogP contribution in [0, 0.1) is 24.5 Å². The zero-order chi connectivity index (χ0) is 14.5. The molecule has 0 saturated heterocycles. The van der Waals surface area contributed by atoms with Crippen molar-refractivity contribution in [1.29, 1.82) is 0 Å². The monoisotopic (exact) mass is 281 g/mol. The molecule has 0 heterocycles. The molecule has 0 amide bonds. The summed E-state index contributed by atoms with van der Waals surface area (Å²) in [7, 11) is 0. The summed E-state index contributed by atoms with van der Waals surface area (Å²) in [5, 5.41) is 3.33. The number of rotatable bonds is 5. The molecular weight excluding hydrogens is 256 g/mol. The van der Waals surface area contributed by atoms with Crippen molar-refractivity contribution in [3.8, 4) is 0 Å². The first kappa shape index (κ1) is 15.4. The van der Waals surface area contributed by atoms with Gasteiger partial charge in [-0.3, -0.25) is 0 Å². The third kappa shape index (κ3) is 4.02. The zero-order valence-electron chi connectivity index (χ0n) is 12.5. The minimum atomic E-state index is -0.331. The maximum Gasteiger partial charge on any atom is 0.128 e. The van der Waals surface area contributed by atoms with Crippen LogP contribution in [0.1, 0.15) is 62.6 Å². The van der Waals surface area contributed by atoms with Crippen LogP contribution in [0.15, 0.2) is 12.1 Å². The number of benzene rings is 1. The molecule has 1 aromatic carbocycles. The van der Waals surface area contributed by atoms with Crippen molar-refractivity contribution in [2.24, 2.45) is 5.92 Å². The van der Waals surface area contributed by atoms with Gasteiger partial charge >= 0.3 is 0 Å². The molecule has 1 unspecified atom stereocenters. The van der Waals surface area contributed by atoms with Gasteiger partial charge in [0.05, 0.1) is 0 Å². The Morgan fingerprint density at radius 3 is 2.55 bits per heavy atom. The van der Waals surface area contributed by atoms with E-state index in [1.54, 1.807) is 6.92 Å². The molecule has 0 bridgehead atoms. The normalized spacial score (nSPS) is 18.2. The molecule has 1 aliphatic rings. The highest BCUT2D eigenvalue weighted by Gasteiger charge is 2.16. The molecule has 0 spiro atoms.